The number of allylic oxidation sites excluding steroid dienone is 2. The summed E-state index contributed by atoms with van der Waals surface area (Å²) >= 11 is 12.0. The molecule has 1 aliphatic rings. The fourth-order valence-corrected chi connectivity index (χ4v) is 2.58. The van der Waals surface area contributed by atoms with Crippen molar-refractivity contribution in [3.05, 3.63) is 46.0 Å². The van der Waals surface area contributed by atoms with Crippen molar-refractivity contribution < 1.29 is 0 Å². The first-order valence-electron chi connectivity index (χ1n) is 5.48. The third kappa shape index (κ3) is 2.13. The van der Waals surface area contributed by atoms with Crippen molar-refractivity contribution in [3.8, 4) is 0 Å². The average molecular weight is 256 g/mol. The van der Waals surface area contributed by atoms with Crippen LogP contribution in [-0.2, 0) is 5.41 Å². The molecule has 0 bridgehead atoms. The molecule has 0 saturated carbocycles. The number of benzene rings is 1. The molecule has 1 atom stereocenters. The first-order chi connectivity index (χ1) is 7.68. The minimum absolute atomic E-state index is 0.0446. The summed E-state index contributed by atoms with van der Waals surface area (Å²) in [5.74, 6) is 0. The lowest BCUT2D eigenvalue weighted by molar-refractivity contribution is 0.398. The Labute approximate surface area is 106 Å². The van der Waals surface area contributed by atoms with Gasteiger partial charge in [-0.25, -0.2) is 0 Å². The van der Waals surface area contributed by atoms with Crippen LogP contribution in [-0.4, -0.2) is 6.54 Å². The second kappa shape index (κ2) is 4.79. The summed E-state index contributed by atoms with van der Waals surface area (Å²) in [6.45, 7) is 0.648. The van der Waals surface area contributed by atoms with Gasteiger partial charge in [-0.15, -0.1) is 0 Å². The van der Waals surface area contributed by atoms with E-state index in [1.165, 1.54) is 5.56 Å². The van der Waals surface area contributed by atoms with Crippen molar-refractivity contribution >= 4 is 23.2 Å². The van der Waals surface area contributed by atoms with Gasteiger partial charge in [0.15, 0.2) is 0 Å². The fraction of sp³-hybridized carbons (Fsp3) is 0.385. The van der Waals surface area contributed by atoms with Crippen molar-refractivity contribution in [1.29, 1.82) is 0 Å². The summed E-state index contributed by atoms with van der Waals surface area (Å²) in [7, 11) is 0. The van der Waals surface area contributed by atoms with E-state index < -0.39 is 0 Å². The molecule has 1 nitrogen and oxygen atoms in total. The molecule has 2 rings (SSSR count). The molecule has 86 valence electrons. The molecule has 0 heterocycles. The van der Waals surface area contributed by atoms with Gasteiger partial charge in [0, 0.05) is 12.0 Å². The van der Waals surface area contributed by atoms with E-state index in [-0.39, 0.29) is 5.41 Å². The van der Waals surface area contributed by atoms with E-state index in [0.29, 0.717) is 16.6 Å². The molecule has 0 aliphatic heterocycles. The molecular weight excluding hydrogens is 241 g/mol. The fourth-order valence-electron chi connectivity index (χ4n) is 2.28. The van der Waals surface area contributed by atoms with Gasteiger partial charge in [-0.1, -0.05) is 41.4 Å². The number of hydrogen-bond acceptors (Lipinski definition) is 1. The van der Waals surface area contributed by atoms with E-state index in [1.54, 1.807) is 0 Å². The summed E-state index contributed by atoms with van der Waals surface area (Å²) < 4.78 is 0. The summed E-state index contributed by atoms with van der Waals surface area (Å²) in [5, 5.41) is 1.21. The molecule has 2 N–H and O–H groups in total. The van der Waals surface area contributed by atoms with Gasteiger partial charge in [0.2, 0.25) is 0 Å². The van der Waals surface area contributed by atoms with Crippen LogP contribution in [0, 0.1) is 0 Å². The average Bonchev–Trinajstić information content (AvgIpc) is 2.33. The Hall–Kier alpha value is -0.500. The molecule has 3 heteroatoms. The highest BCUT2D eigenvalue weighted by Crippen LogP contribution is 2.38. The monoisotopic (exact) mass is 255 g/mol. The minimum Gasteiger partial charge on any atom is -0.330 e. The van der Waals surface area contributed by atoms with Crippen molar-refractivity contribution in [3.63, 3.8) is 0 Å². The molecule has 1 aliphatic carbocycles. The van der Waals surface area contributed by atoms with Crippen LogP contribution in [0.4, 0.5) is 0 Å². The summed E-state index contributed by atoms with van der Waals surface area (Å²) in [6, 6.07) is 5.85. The maximum atomic E-state index is 6.06. The Balaban J connectivity index is 2.40. The number of halogens is 2. The van der Waals surface area contributed by atoms with Crippen LogP contribution in [0.25, 0.3) is 0 Å². The molecule has 0 aromatic heterocycles. The van der Waals surface area contributed by atoms with Crippen LogP contribution >= 0.6 is 23.2 Å². The lowest BCUT2D eigenvalue weighted by Gasteiger charge is -2.34. The van der Waals surface area contributed by atoms with Crippen LogP contribution in [0.1, 0.15) is 24.8 Å². The second-order valence-corrected chi connectivity index (χ2v) is 5.14. The normalized spacial score (nSPS) is 24.7. The Bertz CT molecular complexity index is 414. The second-order valence-electron chi connectivity index (χ2n) is 4.33. The van der Waals surface area contributed by atoms with Gasteiger partial charge in [0.1, 0.15) is 0 Å². The van der Waals surface area contributed by atoms with E-state index in [4.69, 9.17) is 28.9 Å². The van der Waals surface area contributed by atoms with Crippen LogP contribution < -0.4 is 5.73 Å². The van der Waals surface area contributed by atoms with Gasteiger partial charge in [-0.05, 0) is 37.0 Å². The van der Waals surface area contributed by atoms with E-state index in [1.807, 2.05) is 18.2 Å². The Morgan fingerprint density at radius 2 is 2.00 bits per heavy atom. The highest BCUT2D eigenvalue weighted by atomic mass is 35.5. The van der Waals surface area contributed by atoms with E-state index in [0.717, 1.165) is 19.3 Å². The molecular formula is C13H15Cl2N. The number of hydrogen-bond donors (Lipinski definition) is 1. The first kappa shape index (κ1) is 12.0. The zero-order valence-corrected chi connectivity index (χ0v) is 10.6. The van der Waals surface area contributed by atoms with Gasteiger partial charge in [-0.2, -0.15) is 0 Å². The van der Waals surface area contributed by atoms with Crippen LogP contribution in [0.15, 0.2) is 30.4 Å². The van der Waals surface area contributed by atoms with Gasteiger partial charge < -0.3 is 5.73 Å². The Kier molecular flexibility index (Phi) is 3.58. The van der Waals surface area contributed by atoms with Gasteiger partial charge in [0.05, 0.1) is 10.0 Å². The van der Waals surface area contributed by atoms with E-state index in [9.17, 15) is 0 Å². The largest absolute Gasteiger partial charge is 0.330 e. The minimum atomic E-state index is 0.0446. The highest BCUT2D eigenvalue weighted by Gasteiger charge is 2.30. The molecule has 0 amide bonds. The number of nitrogens with two attached hydrogens (primary N) is 1. The standard InChI is InChI=1S/C13H15Cl2N/c14-11-5-4-10(8-12(11)15)13(9-16)6-2-1-3-7-13/h1-2,4-5,8H,3,6-7,9,16H2/t13-/m1/s1. The molecule has 0 spiro atoms. The summed E-state index contributed by atoms with van der Waals surface area (Å²) in [6.07, 6.45) is 7.57. The SMILES string of the molecule is NC[C@@]1(c2ccc(Cl)c(Cl)c2)CC=CCC1. The topological polar surface area (TPSA) is 26.0 Å². The van der Waals surface area contributed by atoms with Gasteiger partial charge >= 0.3 is 0 Å². The summed E-state index contributed by atoms with van der Waals surface area (Å²) in [4.78, 5) is 0. The zero-order chi connectivity index (χ0) is 11.6. The predicted molar refractivity (Wildman–Crippen MR) is 70.2 cm³/mol. The Morgan fingerprint density at radius 3 is 2.56 bits per heavy atom. The maximum absolute atomic E-state index is 6.06. The molecule has 0 radical (unpaired) electrons. The van der Waals surface area contributed by atoms with Crippen molar-refractivity contribution in [1.82, 2.24) is 0 Å². The molecule has 1 aromatic carbocycles. The first-order valence-corrected chi connectivity index (χ1v) is 6.24. The van der Waals surface area contributed by atoms with Crippen LogP contribution in [0.3, 0.4) is 0 Å². The zero-order valence-electron chi connectivity index (χ0n) is 9.05. The predicted octanol–water partition coefficient (Wildman–Crippen LogP) is 3.93. The van der Waals surface area contributed by atoms with Gasteiger partial charge in [0.25, 0.3) is 0 Å². The molecule has 0 unspecified atom stereocenters. The van der Waals surface area contributed by atoms with E-state index >= 15 is 0 Å². The third-order valence-electron chi connectivity index (χ3n) is 3.39. The quantitative estimate of drug-likeness (QED) is 0.797. The van der Waals surface area contributed by atoms with Crippen molar-refractivity contribution in [2.75, 3.05) is 6.54 Å². The molecule has 1 aromatic rings. The Morgan fingerprint density at radius 1 is 1.19 bits per heavy atom. The molecule has 16 heavy (non-hydrogen) atoms. The third-order valence-corrected chi connectivity index (χ3v) is 4.13. The van der Waals surface area contributed by atoms with Crippen LogP contribution in [0.2, 0.25) is 10.0 Å². The lowest BCUT2D eigenvalue weighted by Crippen LogP contribution is -2.35. The summed E-state index contributed by atoms with van der Waals surface area (Å²) in [5.41, 5.74) is 7.20. The van der Waals surface area contributed by atoms with Crippen molar-refractivity contribution in [2.45, 2.75) is 24.7 Å². The van der Waals surface area contributed by atoms with Crippen molar-refractivity contribution in [2.24, 2.45) is 5.73 Å². The van der Waals surface area contributed by atoms with E-state index in [2.05, 4.69) is 12.2 Å². The maximum Gasteiger partial charge on any atom is 0.0595 e. The lowest BCUT2D eigenvalue weighted by atomic mass is 9.72. The molecule has 0 fully saturated rings. The highest BCUT2D eigenvalue weighted by molar-refractivity contribution is 6.42. The number of rotatable bonds is 2. The van der Waals surface area contributed by atoms with Gasteiger partial charge in [-0.3, -0.25) is 0 Å². The molecule has 0 saturated heterocycles. The van der Waals surface area contributed by atoms with Crippen LogP contribution in [0.5, 0.6) is 0 Å². The smallest absolute Gasteiger partial charge is 0.0595 e.